The number of rotatable bonds is 1. The molecule has 13 heteroatoms. The fraction of sp³-hybridized carbons (Fsp3) is 0.862. The van der Waals surface area contributed by atoms with Gasteiger partial charge >= 0.3 is 11.9 Å². The van der Waals surface area contributed by atoms with Crippen molar-refractivity contribution in [1.29, 1.82) is 0 Å². The van der Waals surface area contributed by atoms with Crippen molar-refractivity contribution in [2.24, 2.45) is 23.2 Å². The van der Waals surface area contributed by atoms with Crippen molar-refractivity contribution in [1.82, 2.24) is 0 Å². The van der Waals surface area contributed by atoms with E-state index in [-0.39, 0.29) is 38.7 Å². The Morgan fingerprint density at radius 1 is 0.952 bits per heavy atom. The molecule has 4 spiro atoms. The highest BCUT2D eigenvalue weighted by molar-refractivity contribution is 6.05. The minimum atomic E-state index is -2.41. The Bertz CT molecular complexity index is 1430. The molecule has 2 saturated carbocycles. The van der Waals surface area contributed by atoms with Gasteiger partial charge in [0.15, 0.2) is 23.1 Å². The van der Waals surface area contributed by atoms with Gasteiger partial charge in [0.2, 0.25) is 11.6 Å². The third-order valence-corrected chi connectivity index (χ3v) is 13.1. The lowest BCUT2D eigenvalue weighted by Crippen LogP contribution is -2.75. The first-order chi connectivity index (χ1) is 19.5. The molecule has 0 aromatic carbocycles. The van der Waals surface area contributed by atoms with E-state index in [0.29, 0.717) is 0 Å². The van der Waals surface area contributed by atoms with Crippen molar-refractivity contribution < 1.29 is 62.9 Å². The van der Waals surface area contributed by atoms with Crippen LogP contribution in [-0.4, -0.2) is 109 Å². The number of aliphatic hydroxyl groups is 3. The summed E-state index contributed by atoms with van der Waals surface area (Å²) in [6.07, 6.45) is -3.71. The second-order valence-electron chi connectivity index (χ2n) is 14.9. The Kier molecular flexibility index (Phi) is 4.28. The Hall–Kier alpha value is -2.00. The van der Waals surface area contributed by atoms with Crippen LogP contribution in [0.5, 0.6) is 0 Å². The minimum Gasteiger partial charge on any atom is -0.456 e. The fourth-order valence-corrected chi connectivity index (χ4v) is 11.2. The number of hydrogen-bond donors (Lipinski definition) is 3. The molecule has 2 bridgehead atoms. The molecule has 0 unspecified atom stereocenters. The molecule has 9 fully saturated rings. The maximum Gasteiger partial charge on any atom is 0.311 e. The molecular formula is C29H34O13. The molecule has 7 saturated heterocycles. The molecule has 2 aliphatic carbocycles. The quantitative estimate of drug-likeness (QED) is 0.245. The predicted octanol–water partition coefficient (Wildman–Crippen LogP) is -1.15. The van der Waals surface area contributed by atoms with Crippen molar-refractivity contribution in [3.05, 3.63) is 0 Å². The lowest BCUT2D eigenvalue weighted by atomic mass is 9.59. The maximum absolute atomic E-state index is 15.1. The molecule has 0 aromatic heterocycles. The molecule has 15 atom stereocenters. The van der Waals surface area contributed by atoms with Crippen molar-refractivity contribution in [2.75, 3.05) is 6.61 Å². The first-order valence-corrected chi connectivity index (χ1v) is 14.8. The van der Waals surface area contributed by atoms with Gasteiger partial charge in [0.1, 0.15) is 29.0 Å². The maximum atomic E-state index is 15.1. The monoisotopic (exact) mass is 590 g/mol. The number of hydrogen-bond acceptors (Lipinski definition) is 13. The van der Waals surface area contributed by atoms with Crippen molar-refractivity contribution in [3.63, 3.8) is 0 Å². The molecule has 9 aliphatic rings. The van der Waals surface area contributed by atoms with Crippen LogP contribution in [0.4, 0.5) is 0 Å². The van der Waals surface area contributed by atoms with Gasteiger partial charge in [0, 0.05) is 17.8 Å². The summed E-state index contributed by atoms with van der Waals surface area (Å²) in [5.41, 5.74) is -11.7. The standard InChI is InChI=1S/C29H34O13/c1-11-16-17(37-18(11)32)27(36)19-22(2,20(33)24(27,4)35)5-6-25-9-26-12(23(3,10-30)38-13(26)8-15(31)40-26)7-14-28(25,39-14)21(34)29(19,41-16)42-25/h11-14,16-17,19,30,35-36H,5-10H2,1-4H3/t11-,12-,13+,14-,16+,17-,19+,22-,23-,24-,25-,26+,27-,28+,29-/m0/s1. The average Bonchev–Trinajstić information content (AvgIpc) is 3.37. The summed E-state index contributed by atoms with van der Waals surface area (Å²) >= 11 is 0. The highest BCUT2D eigenvalue weighted by atomic mass is 16.8. The largest absolute Gasteiger partial charge is 0.456 e. The molecule has 0 aromatic rings. The zero-order valence-electron chi connectivity index (χ0n) is 23.7. The Morgan fingerprint density at radius 2 is 1.69 bits per heavy atom. The van der Waals surface area contributed by atoms with Crippen LogP contribution < -0.4 is 0 Å². The fourth-order valence-electron chi connectivity index (χ4n) is 11.2. The molecule has 13 nitrogen and oxygen atoms in total. The Labute approximate surface area is 240 Å². The van der Waals surface area contributed by atoms with Crippen molar-refractivity contribution in [2.45, 2.75) is 124 Å². The van der Waals surface area contributed by atoms with Gasteiger partial charge < -0.3 is 43.7 Å². The van der Waals surface area contributed by atoms with E-state index in [1.165, 1.54) is 13.8 Å². The summed E-state index contributed by atoms with van der Waals surface area (Å²) in [7, 11) is 0. The van der Waals surface area contributed by atoms with E-state index < -0.39 is 110 Å². The zero-order valence-corrected chi connectivity index (χ0v) is 23.7. The lowest BCUT2D eigenvalue weighted by molar-refractivity contribution is -0.370. The summed E-state index contributed by atoms with van der Waals surface area (Å²) in [4.78, 5) is 54.8. The average molecular weight is 591 g/mol. The van der Waals surface area contributed by atoms with Crippen molar-refractivity contribution >= 4 is 23.5 Å². The topological polar surface area (TPSA) is 188 Å². The highest BCUT2D eigenvalue weighted by Crippen LogP contribution is 2.77. The third kappa shape index (κ3) is 2.25. The third-order valence-electron chi connectivity index (χ3n) is 13.1. The molecule has 228 valence electrons. The number of carbonyl (C=O) groups excluding carboxylic acids is 4. The number of Topliss-reactive ketones (excluding diaryl/α,β-unsaturated/α-hetero) is 2. The first-order valence-electron chi connectivity index (χ1n) is 14.8. The molecule has 0 amide bonds. The molecular weight excluding hydrogens is 556 g/mol. The zero-order chi connectivity index (χ0) is 29.8. The molecule has 9 rings (SSSR count). The van der Waals surface area contributed by atoms with Gasteiger partial charge in [-0.05, 0) is 40.0 Å². The van der Waals surface area contributed by atoms with E-state index in [4.69, 9.17) is 28.4 Å². The summed E-state index contributed by atoms with van der Waals surface area (Å²) in [6, 6.07) is 0. The SMILES string of the molecule is C[C@@H]1C(=O)O[C@H]2[C@@H]1O[C@]13O[C@@]4(CC[C@]5(C)C(=O)[C@](C)(O)[C@@]2(O)[C@H]15)C[C@]12OC(=O)C[C@H]1O[C@@](C)(CO)[C@@H]2C[C@@H]1O[C@@]14C3=O. The summed E-state index contributed by atoms with van der Waals surface area (Å²) in [6.45, 7) is 5.73. The van der Waals surface area contributed by atoms with E-state index in [0.717, 1.165) is 0 Å². The van der Waals surface area contributed by atoms with Gasteiger partial charge in [0.25, 0.3) is 0 Å². The first kappa shape index (κ1) is 26.4. The van der Waals surface area contributed by atoms with Crippen LogP contribution in [0.15, 0.2) is 0 Å². The van der Waals surface area contributed by atoms with E-state index >= 15 is 4.79 Å². The number of epoxide rings is 1. The van der Waals surface area contributed by atoms with Gasteiger partial charge in [-0.2, -0.15) is 0 Å². The normalized spacial score (nSPS) is 64.9. The summed E-state index contributed by atoms with van der Waals surface area (Å²) in [5, 5.41) is 34.7. The van der Waals surface area contributed by atoms with Gasteiger partial charge in [-0.25, -0.2) is 0 Å². The van der Waals surface area contributed by atoms with E-state index in [9.17, 15) is 29.7 Å². The van der Waals surface area contributed by atoms with Crippen LogP contribution in [0, 0.1) is 23.2 Å². The molecule has 0 radical (unpaired) electrons. The van der Waals surface area contributed by atoms with Gasteiger partial charge in [-0.3, -0.25) is 19.2 Å². The summed E-state index contributed by atoms with van der Waals surface area (Å²) < 4.78 is 37.8. The number of esters is 2. The summed E-state index contributed by atoms with van der Waals surface area (Å²) in [5.74, 6) is -7.62. The van der Waals surface area contributed by atoms with Crippen molar-refractivity contribution in [3.8, 4) is 0 Å². The second kappa shape index (κ2) is 6.80. The van der Waals surface area contributed by atoms with E-state index in [1.807, 2.05) is 0 Å². The molecule has 7 aliphatic heterocycles. The Balaban J connectivity index is 1.27. The van der Waals surface area contributed by atoms with E-state index in [1.54, 1.807) is 13.8 Å². The molecule has 42 heavy (non-hydrogen) atoms. The van der Waals surface area contributed by atoms with E-state index in [2.05, 4.69) is 0 Å². The Morgan fingerprint density at radius 3 is 2.40 bits per heavy atom. The van der Waals surface area contributed by atoms with Gasteiger partial charge in [0.05, 0.1) is 36.6 Å². The van der Waals surface area contributed by atoms with Gasteiger partial charge in [-0.1, -0.05) is 6.92 Å². The van der Waals surface area contributed by atoms with Crippen LogP contribution in [0.1, 0.15) is 59.8 Å². The smallest absolute Gasteiger partial charge is 0.311 e. The van der Waals surface area contributed by atoms with Crippen LogP contribution in [-0.2, 0) is 47.6 Å². The number of fused-ring (bicyclic) bond motifs is 2. The minimum absolute atomic E-state index is 0.0189. The number of ether oxygens (including phenoxy) is 6. The van der Waals surface area contributed by atoms with Gasteiger partial charge in [-0.15, -0.1) is 0 Å². The lowest BCUT2D eigenvalue weighted by Gasteiger charge is -2.54. The van der Waals surface area contributed by atoms with Crippen LogP contribution in [0.3, 0.4) is 0 Å². The number of carbonyl (C=O) groups is 4. The highest BCUT2D eigenvalue weighted by Gasteiger charge is 2.96. The predicted molar refractivity (Wildman–Crippen MR) is 131 cm³/mol. The second-order valence-corrected chi connectivity index (χ2v) is 14.9. The molecule has 3 N–H and O–H groups in total. The molecule has 7 heterocycles. The van der Waals surface area contributed by atoms with Crippen LogP contribution >= 0.6 is 0 Å². The number of aliphatic hydroxyl groups excluding tert-OH is 1. The number of ketones is 2. The van der Waals surface area contributed by atoms with Crippen LogP contribution in [0.25, 0.3) is 0 Å². The van der Waals surface area contributed by atoms with Crippen LogP contribution in [0.2, 0.25) is 0 Å².